The van der Waals surface area contributed by atoms with Gasteiger partial charge in [-0.2, -0.15) is 0 Å². The van der Waals surface area contributed by atoms with Crippen LogP contribution in [0.1, 0.15) is 119 Å². The van der Waals surface area contributed by atoms with Crippen LogP contribution in [0.4, 0.5) is 0 Å². The number of rotatable bonds is 3. The molecule has 0 aromatic heterocycles. The van der Waals surface area contributed by atoms with Crippen molar-refractivity contribution in [2.24, 2.45) is 51.2 Å². The molecule has 3 fully saturated rings. The van der Waals surface area contributed by atoms with Crippen molar-refractivity contribution >= 4 is 5.78 Å². The van der Waals surface area contributed by atoms with E-state index in [4.69, 9.17) is 0 Å². The summed E-state index contributed by atoms with van der Waals surface area (Å²) in [6.45, 7) is 22.2. The third-order valence-corrected chi connectivity index (χ3v) is 13.2. The molecule has 9 unspecified atom stereocenters. The van der Waals surface area contributed by atoms with Crippen LogP contribution in [0.3, 0.4) is 0 Å². The van der Waals surface area contributed by atoms with Crippen LogP contribution in [0, 0.1) is 51.2 Å². The van der Waals surface area contributed by atoms with Crippen molar-refractivity contribution in [3.63, 3.8) is 0 Å². The Kier molecular flexibility index (Phi) is 6.37. The highest BCUT2D eigenvalue weighted by atomic mass is 16.3. The average Bonchev–Trinajstić information content (AvgIpc) is 2.81. The molecule has 37 heavy (non-hydrogen) atoms. The maximum absolute atomic E-state index is 13.1. The molecule has 1 aromatic rings. The van der Waals surface area contributed by atoms with Gasteiger partial charge in [-0.3, -0.25) is 4.79 Å². The summed E-state index contributed by atoms with van der Waals surface area (Å²) in [5.74, 6) is 3.86. The van der Waals surface area contributed by atoms with Crippen molar-refractivity contribution in [3.05, 3.63) is 41.0 Å². The second kappa shape index (κ2) is 8.72. The van der Waals surface area contributed by atoms with Crippen LogP contribution in [0.15, 0.2) is 35.4 Å². The highest BCUT2D eigenvalue weighted by Crippen LogP contribution is 2.76. The highest BCUT2D eigenvalue weighted by Gasteiger charge is 2.69. The number of benzene rings is 1. The van der Waals surface area contributed by atoms with Crippen molar-refractivity contribution in [2.75, 3.05) is 0 Å². The summed E-state index contributed by atoms with van der Waals surface area (Å²) in [4.78, 5) is 13.1. The zero-order chi connectivity index (χ0) is 27.1. The number of phenolic OH excluding ortho intramolecular Hbond substituents is 1. The Bertz CT molecular complexity index is 1110. The lowest BCUT2D eigenvalue weighted by molar-refractivity contribution is -0.199. The zero-order valence-electron chi connectivity index (χ0n) is 25.1. The zero-order valence-corrected chi connectivity index (χ0v) is 25.1. The first kappa shape index (κ1) is 27.0. The fourth-order valence-electron chi connectivity index (χ4n) is 11.7. The Labute approximate surface area is 226 Å². The van der Waals surface area contributed by atoms with E-state index < -0.39 is 0 Å². The number of carbonyl (C=O) groups is 1. The summed E-state index contributed by atoms with van der Waals surface area (Å²) in [7, 11) is 0. The van der Waals surface area contributed by atoms with Crippen LogP contribution in [0.2, 0.25) is 0 Å². The van der Waals surface area contributed by atoms with Crippen molar-refractivity contribution in [2.45, 2.75) is 113 Å². The van der Waals surface area contributed by atoms with Crippen molar-refractivity contribution in [3.8, 4) is 5.75 Å². The molecule has 3 saturated carbocycles. The standard InChI is InChI=1S/C35H52O2/c1-10-28(37)27-14-16-33(7)29(32(27,5)6)15-17-34(8)31(33)23(4)22(3)30-26(18-21(2)20-35(30,34)9)24-12-11-13-25(36)19-24/h11-13,19,21,26-27,29-31,36H,10,14-18,20H2,1-9H3. The molecule has 9 atom stereocenters. The molecule has 4 aliphatic carbocycles. The molecule has 5 rings (SSSR count). The van der Waals surface area contributed by atoms with Gasteiger partial charge in [-0.15, -0.1) is 0 Å². The molecule has 2 heteroatoms. The van der Waals surface area contributed by atoms with E-state index in [1.165, 1.54) is 37.7 Å². The van der Waals surface area contributed by atoms with E-state index in [1.54, 1.807) is 11.1 Å². The first-order chi connectivity index (χ1) is 17.2. The van der Waals surface area contributed by atoms with Gasteiger partial charge in [-0.05, 0) is 121 Å². The van der Waals surface area contributed by atoms with Gasteiger partial charge >= 0.3 is 0 Å². The summed E-state index contributed by atoms with van der Waals surface area (Å²) >= 11 is 0. The van der Waals surface area contributed by atoms with E-state index >= 15 is 0 Å². The lowest BCUT2D eigenvalue weighted by atomic mass is 9.32. The summed E-state index contributed by atoms with van der Waals surface area (Å²) in [5.41, 5.74) is 5.30. The molecule has 204 valence electrons. The summed E-state index contributed by atoms with van der Waals surface area (Å²) in [5, 5.41) is 10.4. The van der Waals surface area contributed by atoms with Gasteiger partial charge in [-0.25, -0.2) is 0 Å². The molecule has 0 saturated heterocycles. The maximum Gasteiger partial charge on any atom is 0.136 e. The first-order valence-electron chi connectivity index (χ1n) is 15.2. The normalized spacial score (nSPS) is 45.0. The van der Waals surface area contributed by atoms with Crippen LogP contribution in [0.5, 0.6) is 5.75 Å². The Morgan fingerprint density at radius 2 is 1.70 bits per heavy atom. The monoisotopic (exact) mass is 504 g/mol. The lowest BCUT2D eigenvalue weighted by Crippen LogP contribution is -2.65. The molecule has 1 N–H and O–H groups in total. The molecule has 4 aliphatic rings. The number of hydrogen-bond acceptors (Lipinski definition) is 2. The van der Waals surface area contributed by atoms with E-state index in [1.807, 2.05) is 18.2 Å². The Hall–Kier alpha value is -1.57. The minimum Gasteiger partial charge on any atom is -0.508 e. The predicted octanol–water partition coefficient (Wildman–Crippen LogP) is 9.33. The number of phenols is 1. The number of allylic oxidation sites excluding steroid dienone is 2. The smallest absolute Gasteiger partial charge is 0.136 e. The number of ketones is 1. The quantitative estimate of drug-likeness (QED) is 0.416. The summed E-state index contributed by atoms with van der Waals surface area (Å²) in [6.07, 6.45) is 7.87. The highest BCUT2D eigenvalue weighted by molar-refractivity contribution is 5.81. The van der Waals surface area contributed by atoms with Gasteiger partial charge in [0.05, 0.1) is 0 Å². The van der Waals surface area contributed by atoms with Gasteiger partial charge in [0.2, 0.25) is 0 Å². The molecule has 1 aromatic carbocycles. The molecular weight excluding hydrogens is 452 g/mol. The van der Waals surface area contributed by atoms with Crippen LogP contribution < -0.4 is 0 Å². The number of aromatic hydroxyl groups is 1. The van der Waals surface area contributed by atoms with Gasteiger partial charge < -0.3 is 5.11 Å². The number of hydrogen-bond donors (Lipinski definition) is 1. The topological polar surface area (TPSA) is 37.3 Å². The van der Waals surface area contributed by atoms with Gasteiger partial charge in [0.1, 0.15) is 11.5 Å². The van der Waals surface area contributed by atoms with Crippen molar-refractivity contribution in [1.29, 1.82) is 0 Å². The Balaban J connectivity index is 1.65. The average molecular weight is 505 g/mol. The largest absolute Gasteiger partial charge is 0.508 e. The first-order valence-corrected chi connectivity index (χ1v) is 15.2. The van der Waals surface area contributed by atoms with Crippen LogP contribution >= 0.6 is 0 Å². The third-order valence-electron chi connectivity index (χ3n) is 13.2. The number of Topliss-reactive ketones (excluding diaryl/α,β-unsaturated/α-hetero) is 1. The molecule has 0 heterocycles. The Morgan fingerprint density at radius 3 is 2.35 bits per heavy atom. The van der Waals surface area contributed by atoms with E-state index in [9.17, 15) is 9.90 Å². The molecule has 0 radical (unpaired) electrons. The van der Waals surface area contributed by atoms with E-state index in [-0.39, 0.29) is 27.6 Å². The number of fused-ring (bicyclic) bond motifs is 5. The number of carbonyl (C=O) groups excluding carboxylic acids is 1. The minimum atomic E-state index is 0.0529. The second-order valence-electron chi connectivity index (χ2n) is 15.2. The summed E-state index contributed by atoms with van der Waals surface area (Å²) < 4.78 is 0. The molecule has 0 spiro atoms. The Morgan fingerprint density at radius 1 is 1.00 bits per heavy atom. The second-order valence-corrected chi connectivity index (χ2v) is 15.2. The van der Waals surface area contributed by atoms with Crippen molar-refractivity contribution < 1.29 is 9.90 Å². The van der Waals surface area contributed by atoms with Gasteiger partial charge in [-0.1, -0.05) is 71.7 Å². The van der Waals surface area contributed by atoms with Gasteiger partial charge in [0, 0.05) is 12.3 Å². The molecule has 0 bridgehead atoms. The molecule has 0 amide bonds. The van der Waals surface area contributed by atoms with Crippen LogP contribution in [0.25, 0.3) is 0 Å². The van der Waals surface area contributed by atoms with Gasteiger partial charge in [0.15, 0.2) is 0 Å². The molecule has 2 nitrogen and oxygen atoms in total. The lowest BCUT2D eigenvalue weighted by Gasteiger charge is -2.72. The van der Waals surface area contributed by atoms with E-state index in [0.717, 1.165) is 6.42 Å². The molecule has 0 aliphatic heterocycles. The predicted molar refractivity (Wildman–Crippen MR) is 153 cm³/mol. The summed E-state index contributed by atoms with van der Waals surface area (Å²) in [6, 6.07) is 8.13. The van der Waals surface area contributed by atoms with E-state index in [2.05, 4.69) is 68.4 Å². The molecular formula is C35H52O2. The van der Waals surface area contributed by atoms with Crippen LogP contribution in [-0.4, -0.2) is 10.9 Å². The SMILES string of the molecule is CCC(=O)C1CCC2(C)C(CCC3(C)C2C(C)=C(C)C2C(c4cccc(O)c4)CC(C)CC23C)C1(C)C. The van der Waals surface area contributed by atoms with Gasteiger partial charge in [0.25, 0.3) is 0 Å². The van der Waals surface area contributed by atoms with E-state index in [0.29, 0.717) is 47.5 Å². The van der Waals surface area contributed by atoms with Crippen molar-refractivity contribution in [1.82, 2.24) is 0 Å². The fourth-order valence-corrected chi connectivity index (χ4v) is 11.7. The maximum atomic E-state index is 13.1. The minimum absolute atomic E-state index is 0.0529. The third kappa shape index (κ3) is 3.59. The fraction of sp³-hybridized carbons (Fsp3) is 0.743. The van der Waals surface area contributed by atoms with Crippen LogP contribution in [-0.2, 0) is 4.79 Å².